The molecular formula is C30H35N3O6. The van der Waals surface area contributed by atoms with Gasteiger partial charge in [0.15, 0.2) is 6.61 Å². The Hall–Kier alpha value is -4.53. The van der Waals surface area contributed by atoms with Crippen molar-refractivity contribution in [3.63, 3.8) is 0 Å². The number of benzene rings is 3. The summed E-state index contributed by atoms with van der Waals surface area (Å²) >= 11 is 0. The third-order valence-corrected chi connectivity index (χ3v) is 5.56. The number of amides is 3. The lowest BCUT2D eigenvalue weighted by Gasteiger charge is -2.15. The molecule has 0 aliphatic rings. The number of aryl methyl sites for hydroxylation is 1. The first-order valence-corrected chi connectivity index (χ1v) is 13.0. The lowest BCUT2D eigenvalue weighted by atomic mass is 10.1. The van der Waals surface area contributed by atoms with Gasteiger partial charge in [-0.2, -0.15) is 0 Å². The van der Waals surface area contributed by atoms with Gasteiger partial charge in [0, 0.05) is 17.8 Å². The zero-order chi connectivity index (χ0) is 27.9. The number of anilines is 2. The molecule has 0 bridgehead atoms. The van der Waals surface area contributed by atoms with Crippen molar-refractivity contribution in [3.05, 3.63) is 83.9 Å². The smallest absolute Gasteiger partial charge is 0.344 e. The standard InChI is InChI=1S/C30H35N3O6/c1-3-31-30(36)32-24-15-18-27(39-21-28(34)37-4-2)26(20-24)33-29(35)23-13-16-25(17-14-23)38-19-9-8-12-22-10-6-5-7-11-22/h5-7,10-11,13-18,20H,3-4,8-9,12,19,21H2,1-2H3,(H,33,35)(H2,31,32,36). The second kappa shape index (κ2) is 15.7. The SMILES string of the molecule is CCNC(=O)Nc1ccc(OCC(=O)OCC)c(NC(=O)c2ccc(OCCCCc3ccccc3)cc2)c1. The van der Waals surface area contributed by atoms with Crippen LogP contribution in [0.4, 0.5) is 16.2 Å². The first kappa shape index (κ1) is 29.0. The van der Waals surface area contributed by atoms with Crippen LogP contribution in [0, 0.1) is 0 Å². The largest absolute Gasteiger partial charge is 0.494 e. The molecule has 0 atom stereocenters. The molecular weight excluding hydrogens is 498 g/mol. The van der Waals surface area contributed by atoms with E-state index in [4.69, 9.17) is 14.2 Å². The van der Waals surface area contributed by atoms with Crippen LogP contribution < -0.4 is 25.4 Å². The summed E-state index contributed by atoms with van der Waals surface area (Å²) < 4.78 is 16.3. The molecule has 3 amide bonds. The number of ether oxygens (including phenoxy) is 3. The summed E-state index contributed by atoms with van der Waals surface area (Å²) in [5.74, 6) is 0.0154. The summed E-state index contributed by atoms with van der Waals surface area (Å²) in [7, 11) is 0. The second-order valence-corrected chi connectivity index (χ2v) is 8.56. The summed E-state index contributed by atoms with van der Waals surface area (Å²) in [6.07, 6.45) is 2.96. The van der Waals surface area contributed by atoms with E-state index in [9.17, 15) is 14.4 Å². The van der Waals surface area contributed by atoms with Gasteiger partial charge in [-0.1, -0.05) is 30.3 Å². The maximum absolute atomic E-state index is 13.0. The number of esters is 1. The Morgan fingerprint density at radius 2 is 1.59 bits per heavy atom. The molecule has 0 spiro atoms. The Kier molecular flexibility index (Phi) is 11.7. The lowest BCUT2D eigenvalue weighted by Crippen LogP contribution is -2.28. The van der Waals surface area contributed by atoms with E-state index in [1.165, 1.54) is 5.56 Å². The zero-order valence-corrected chi connectivity index (χ0v) is 22.3. The van der Waals surface area contributed by atoms with E-state index in [1.807, 2.05) is 18.2 Å². The minimum absolute atomic E-state index is 0.231. The maximum Gasteiger partial charge on any atom is 0.344 e. The number of carbonyl (C=O) groups excluding carboxylic acids is 3. The highest BCUT2D eigenvalue weighted by molar-refractivity contribution is 6.05. The first-order chi connectivity index (χ1) is 19.0. The van der Waals surface area contributed by atoms with Crippen molar-refractivity contribution >= 4 is 29.3 Å². The molecule has 3 aromatic rings. The molecule has 0 unspecified atom stereocenters. The fraction of sp³-hybridized carbons (Fsp3) is 0.300. The van der Waals surface area contributed by atoms with Gasteiger partial charge in [0.1, 0.15) is 11.5 Å². The van der Waals surface area contributed by atoms with Crippen LogP contribution in [0.3, 0.4) is 0 Å². The van der Waals surface area contributed by atoms with Crippen molar-refractivity contribution in [2.24, 2.45) is 0 Å². The van der Waals surface area contributed by atoms with Crippen molar-refractivity contribution in [3.8, 4) is 11.5 Å². The van der Waals surface area contributed by atoms with Crippen LogP contribution in [-0.4, -0.2) is 44.3 Å². The lowest BCUT2D eigenvalue weighted by molar-refractivity contribution is -0.145. The second-order valence-electron chi connectivity index (χ2n) is 8.56. The van der Waals surface area contributed by atoms with E-state index < -0.39 is 5.97 Å². The van der Waals surface area contributed by atoms with Crippen molar-refractivity contribution < 1.29 is 28.6 Å². The van der Waals surface area contributed by atoms with Crippen LogP contribution in [0.25, 0.3) is 0 Å². The monoisotopic (exact) mass is 533 g/mol. The van der Waals surface area contributed by atoms with E-state index in [2.05, 4.69) is 28.1 Å². The summed E-state index contributed by atoms with van der Waals surface area (Å²) in [4.78, 5) is 36.7. The highest BCUT2D eigenvalue weighted by atomic mass is 16.6. The normalized spacial score (nSPS) is 10.3. The number of rotatable bonds is 14. The van der Waals surface area contributed by atoms with Gasteiger partial charge in [-0.3, -0.25) is 4.79 Å². The van der Waals surface area contributed by atoms with Crippen molar-refractivity contribution in [1.82, 2.24) is 5.32 Å². The molecule has 0 aromatic heterocycles. The van der Waals surface area contributed by atoms with E-state index in [-0.39, 0.29) is 36.6 Å². The molecule has 0 aliphatic carbocycles. The zero-order valence-electron chi connectivity index (χ0n) is 22.3. The van der Waals surface area contributed by atoms with Crippen LogP contribution in [0.5, 0.6) is 11.5 Å². The number of hydrogen-bond acceptors (Lipinski definition) is 6. The van der Waals surface area contributed by atoms with Gasteiger partial charge < -0.3 is 30.2 Å². The summed E-state index contributed by atoms with van der Waals surface area (Å²) in [5, 5.41) is 8.12. The average molecular weight is 534 g/mol. The van der Waals surface area contributed by atoms with E-state index in [0.29, 0.717) is 30.2 Å². The van der Waals surface area contributed by atoms with Gasteiger partial charge in [0.05, 0.1) is 18.9 Å². The molecule has 0 saturated carbocycles. The average Bonchev–Trinajstić information content (AvgIpc) is 2.93. The molecule has 0 aliphatic heterocycles. The minimum Gasteiger partial charge on any atom is -0.494 e. The van der Waals surface area contributed by atoms with Crippen LogP contribution >= 0.6 is 0 Å². The summed E-state index contributed by atoms with van der Waals surface area (Å²) in [6.45, 7) is 4.47. The fourth-order valence-electron chi connectivity index (χ4n) is 3.67. The number of unbranched alkanes of at least 4 members (excludes halogenated alkanes) is 1. The molecule has 39 heavy (non-hydrogen) atoms. The van der Waals surface area contributed by atoms with Crippen LogP contribution in [0.2, 0.25) is 0 Å². The Labute approximate surface area is 228 Å². The molecule has 9 heteroatoms. The number of urea groups is 1. The molecule has 0 fully saturated rings. The maximum atomic E-state index is 13.0. The van der Waals surface area contributed by atoms with Gasteiger partial charge in [-0.15, -0.1) is 0 Å². The summed E-state index contributed by atoms with van der Waals surface area (Å²) in [5.41, 5.74) is 2.45. The highest BCUT2D eigenvalue weighted by Crippen LogP contribution is 2.29. The molecule has 3 N–H and O–H groups in total. The third kappa shape index (κ3) is 10.0. The highest BCUT2D eigenvalue weighted by Gasteiger charge is 2.14. The van der Waals surface area contributed by atoms with E-state index in [0.717, 1.165) is 19.3 Å². The van der Waals surface area contributed by atoms with Gasteiger partial charge in [-0.25, -0.2) is 9.59 Å². The number of nitrogens with one attached hydrogen (secondary N) is 3. The van der Waals surface area contributed by atoms with Crippen LogP contribution in [-0.2, 0) is 16.0 Å². The molecule has 0 saturated heterocycles. The van der Waals surface area contributed by atoms with Crippen LogP contribution in [0.1, 0.15) is 42.6 Å². The molecule has 9 nitrogen and oxygen atoms in total. The number of hydrogen-bond donors (Lipinski definition) is 3. The molecule has 0 radical (unpaired) electrons. The first-order valence-electron chi connectivity index (χ1n) is 13.0. The fourth-order valence-corrected chi connectivity index (χ4v) is 3.67. The molecule has 0 heterocycles. The van der Waals surface area contributed by atoms with Crippen LogP contribution in [0.15, 0.2) is 72.8 Å². The molecule has 206 valence electrons. The van der Waals surface area contributed by atoms with Gasteiger partial charge in [-0.05, 0) is 81.1 Å². The predicted molar refractivity (Wildman–Crippen MR) is 151 cm³/mol. The van der Waals surface area contributed by atoms with Crippen molar-refractivity contribution in [2.45, 2.75) is 33.1 Å². The molecule has 3 aromatic carbocycles. The van der Waals surface area contributed by atoms with E-state index >= 15 is 0 Å². The Balaban J connectivity index is 1.58. The Morgan fingerprint density at radius 3 is 2.31 bits per heavy atom. The predicted octanol–water partition coefficient (Wildman–Crippen LogP) is 5.42. The Bertz CT molecular complexity index is 1220. The minimum atomic E-state index is -0.532. The third-order valence-electron chi connectivity index (χ3n) is 5.56. The van der Waals surface area contributed by atoms with Gasteiger partial charge in [0.2, 0.25) is 0 Å². The van der Waals surface area contributed by atoms with E-state index in [1.54, 1.807) is 56.3 Å². The van der Waals surface area contributed by atoms with Gasteiger partial charge >= 0.3 is 12.0 Å². The number of carbonyl (C=O) groups is 3. The Morgan fingerprint density at radius 1 is 0.821 bits per heavy atom. The van der Waals surface area contributed by atoms with Crippen molar-refractivity contribution in [1.29, 1.82) is 0 Å². The van der Waals surface area contributed by atoms with Crippen molar-refractivity contribution in [2.75, 3.05) is 37.0 Å². The topological polar surface area (TPSA) is 115 Å². The molecule has 3 rings (SSSR count). The van der Waals surface area contributed by atoms with Gasteiger partial charge in [0.25, 0.3) is 5.91 Å². The quantitative estimate of drug-likeness (QED) is 0.188. The summed E-state index contributed by atoms with van der Waals surface area (Å²) in [6, 6.07) is 21.5.